The van der Waals surface area contributed by atoms with Crippen LogP contribution >= 0.6 is 11.8 Å². The van der Waals surface area contributed by atoms with Gasteiger partial charge in [0, 0.05) is 23.5 Å². The highest BCUT2D eigenvalue weighted by molar-refractivity contribution is 7.98. The highest BCUT2D eigenvalue weighted by Crippen LogP contribution is 2.37. The molecule has 1 aliphatic heterocycles. The third-order valence-electron chi connectivity index (χ3n) is 5.83. The summed E-state index contributed by atoms with van der Waals surface area (Å²) in [5.41, 5.74) is 0.694. The lowest BCUT2D eigenvalue weighted by molar-refractivity contribution is 0.0452. The van der Waals surface area contributed by atoms with Gasteiger partial charge in [-0.25, -0.2) is 0 Å². The zero-order valence-electron chi connectivity index (χ0n) is 15.7. The van der Waals surface area contributed by atoms with Crippen molar-refractivity contribution in [2.75, 3.05) is 19.3 Å². The molecule has 1 aliphatic carbocycles. The minimum atomic E-state index is -0.615. The number of aliphatic hydroxyl groups is 1. The van der Waals surface area contributed by atoms with Gasteiger partial charge >= 0.3 is 0 Å². The average Bonchev–Trinajstić information content (AvgIpc) is 3.37. The van der Waals surface area contributed by atoms with Crippen molar-refractivity contribution in [3.05, 3.63) is 54.0 Å². The van der Waals surface area contributed by atoms with Crippen molar-refractivity contribution >= 4 is 23.6 Å². The van der Waals surface area contributed by atoms with E-state index in [9.17, 15) is 14.7 Å². The standard InChI is InChI=1S/C21H24N2O4S/c1-28-16-6-4-13(5-7-16)21(26)23-11-14-9-17(18(24)10-15(14)12-23)22-20(25)19-3-2-8-27-19/h2-8,14-15,17-18,24H,9-12H2,1H3,(H,22,25)/t14-,15+,17-,18-/m0/s1. The first-order chi connectivity index (χ1) is 13.5. The number of likely N-dealkylation sites (tertiary alicyclic amines) is 1. The van der Waals surface area contributed by atoms with E-state index in [1.54, 1.807) is 23.9 Å². The summed E-state index contributed by atoms with van der Waals surface area (Å²) in [4.78, 5) is 28.1. The Bertz CT molecular complexity index is 837. The molecule has 0 radical (unpaired) electrons. The Morgan fingerprint density at radius 1 is 1.14 bits per heavy atom. The zero-order valence-corrected chi connectivity index (χ0v) is 16.5. The fourth-order valence-electron chi connectivity index (χ4n) is 4.31. The molecule has 0 spiro atoms. The van der Waals surface area contributed by atoms with Crippen LogP contribution in [-0.4, -0.2) is 53.3 Å². The van der Waals surface area contributed by atoms with E-state index in [0.29, 0.717) is 31.5 Å². The molecule has 1 aromatic heterocycles. The molecule has 7 heteroatoms. The van der Waals surface area contributed by atoms with Crippen molar-refractivity contribution in [2.24, 2.45) is 11.8 Å². The SMILES string of the molecule is CSc1ccc(C(=O)N2C[C@H]3C[C@H](O)[C@@H](NC(=O)c4ccco4)C[C@H]3C2)cc1. The van der Waals surface area contributed by atoms with Crippen molar-refractivity contribution in [2.45, 2.75) is 29.9 Å². The van der Waals surface area contributed by atoms with Gasteiger partial charge in [0.05, 0.1) is 18.4 Å². The van der Waals surface area contributed by atoms with Gasteiger partial charge in [0.2, 0.25) is 0 Å². The monoisotopic (exact) mass is 400 g/mol. The molecule has 4 atom stereocenters. The lowest BCUT2D eigenvalue weighted by atomic mass is 9.77. The van der Waals surface area contributed by atoms with Crippen molar-refractivity contribution in [3.8, 4) is 0 Å². The Morgan fingerprint density at radius 3 is 2.50 bits per heavy atom. The van der Waals surface area contributed by atoms with Gasteiger partial charge in [0.15, 0.2) is 5.76 Å². The molecule has 2 aromatic rings. The molecule has 2 amide bonds. The minimum absolute atomic E-state index is 0.0349. The number of fused-ring (bicyclic) bond motifs is 1. The van der Waals surface area contributed by atoms with E-state index in [4.69, 9.17) is 4.42 Å². The van der Waals surface area contributed by atoms with Crippen LogP contribution in [0.4, 0.5) is 0 Å². The van der Waals surface area contributed by atoms with Gasteiger partial charge in [-0.2, -0.15) is 0 Å². The fraction of sp³-hybridized carbons (Fsp3) is 0.429. The van der Waals surface area contributed by atoms with Crippen LogP contribution in [0.25, 0.3) is 0 Å². The van der Waals surface area contributed by atoms with Crippen molar-refractivity contribution in [1.29, 1.82) is 0 Å². The highest BCUT2D eigenvalue weighted by Gasteiger charge is 2.43. The molecule has 1 saturated heterocycles. The predicted molar refractivity (Wildman–Crippen MR) is 106 cm³/mol. The number of nitrogens with one attached hydrogen (secondary N) is 1. The molecule has 2 fully saturated rings. The number of aliphatic hydroxyl groups excluding tert-OH is 1. The number of carbonyl (C=O) groups is 2. The summed E-state index contributed by atoms with van der Waals surface area (Å²) in [6.45, 7) is 1.32. The highest BCUT2D eigenvalue weighted by atomic mass is 32.2. The normalized spacial score (nSPS) is 26.7. The van der Waals surface area contributed by atoms with Gasteiger partial charge in [0.1, 0.15) is 0 Å². The van der Waals surface area contributed by atoms with Gasteiger partial charge < -0.3 is 19.7 Å². The van der Waals surface area contributed by atoms with Gasteiger partial charge in [-0.3, -0.25) is 9.59 Å². The Morgan fingerprint density at radius 2 is 1.86 bits per heavy atom. The van der Waals surface area contributed by atoms with E-state index in [1.165, 1.54) is 6.26 Å². The maximum absolute atomic E-state index is 12.9. The molecule has 148 valence electrons. The molecule has 0 unspecified atom stereocenters. The lowest BCUT2D eigenvalue weighted by Crippen LogP contribution is -2.49. The third-order valence-corrected chi connectivity index (χ3v) is 6.57. The number of nitrogens with zero attached hydrogens (tertiary/aromatic N) is 1. The Balaban J connectivity index is 1.39. The summed E-state index contributed by atoms with van der Waals surface area (Å²) >= 11 is 1.65. The van der Waals surface area contributed by atoms with E-state index in [-0.39, 0.29) is 35.5 Å². The van der Waals surface area contributed by atoms with Crippen LogP contribution < -0.4 is 5.32 Å². The number of carbonyl (C=O) groups excluding carboxylic acids is 2. The summed E-state index contributed by atoms with van der Waals surface area (Å²) in [6, 6.07) is 10.6. The van der Waals surface area contributed by atoms with Gasteiger partial charge in [-0.1, -0.05) is 0 Å². The largest absolute Gasteiger partial charge is 0.459 e. The van der Waals surface area contributed by atoms with E-state index in [1.807, 2.05) is 35.4 Å². The average molecular weight is 401 g/mol. The Kier molecular flexibility index (Phi) is 5.46. The predicted octanol–water partition coefficient (Wildman–Crippen LogP) is 2.64. The van der Waals surface area contributed by atoms with Crippen LogP contribution in [0.2, 0.25) is 0 Å². The first kappa shape index (κ1) is 19.1. The van der Waals surface area contributed by atoms with Crippen molar-refractivity contribution in [1.82, 2.24) is 10.2 Å². The molecule has 28 heavy (non-hydrogen) atoms. The maximum atomic E-state index is 12.9. The molecule has 2 heterocycles. The van der Waals surface area contributed by atoms with Crippen LogP contribution in [0.1, 0.15) is 33.8 Å². The molecule has 1 saturated carbocycles. The van der Waals surface area contributed by atoms with Crippen LogP contribution in [0.15, 0.2) is 52.0 Å². The molecular formula is C21H24N2O4S. The lowest BCUT2D eigenvalue weighted by Gasteiger charge is -2.35. The topological polar surface area (TPSA) is 82.8 Å². The van der Waals surface area contributed by atoms with Gasteiger partial charge in [-0.05, 0) is 67.3 Å². The molecule has 1 aromatic carbocycles. The summed E-state index contributed by atoms with van der Waals surface area (Å²) in [5, 5.41) is 13.4. The van der Waals surface area contributed by atoms with Crippen molar-refractivity contribution < 1.29 is 19.1 Å². The number of hydrogen-bond acceptors (Lipinski definition) is 5. The van der Waals surface area contributed by atoms with Crippen molar-refractivity contribution in [3.63, 3.8) is 0 Å². The zero-order chi connectivity index (χ0) is 19.7. The smallest absolute Gasteiger partial charge is 0.287 e. The second kappa shape index (κ2) is 8.01. The number of amides is 2. The number of thioether (sulfide) groups is 1. The molecule has 6 nitrogen and oxygen atoms in total. The summed E-state index contributed by atoms with van der Waals surface area (Å²) in [5.74, 6) is 0.507. The van der Waals surface area contributed by atoms with Crippen LogP contribution in [-0.2, 0) is 0 Å². The first-order valence-electron chi connectivity index (χ1n) is 9.51. The van der Waals surface area contributed by atoms with Gasteiger partial charge in [-0.15, -0.1) is 11.8 Å². The fourth-order valence-corrected chi connectivity index (χ4v) is 4.72. The number of hydrogen-bond donors (Lipinski definition) is 2. The van der Waals surface area contributed by atoms with Crippen LogP contribution in [0.5, 0.6) is 0 Å². The van der Waals surface area contributed by atoms with E-state index >= 15 is 0 Å². The second-order valence-electron chi connectivity index (χ2n) is 7.55. The molecule has 2 N–H and O–H groups in total. The molecular weight excluding hydrogens is 376 g/mol. The third kappa shape index (κ3) is 3.82. The molecule has 4 rings (SSSR count). The van der Waals surface area contributed by atoms with E-state index in [0.717, 1.165) is 4.90 Å². The van der Waals surface area contributed by atoms with Crippen LogP contribution in [0.3, 0.4) is 0 Å². The van der Waals surface area contributed by atoms with E-state index in [2.05, 4.69) is 5.32 Å². The molecule has 0 bridgehead atoms. The second-order valence-corrected chi connectivity index (χ2v) is 8.43. The quantitative estimate of drug-likeness (QED) is 0.771. The number of benzene rings is 1. The number of rotatable bonds is 4. The first-order valence-corrected chi connectivity index (χ1v) is 10.7. The summed E-state index contributed by atoms with van der Waals surface area (Å²) in [6.07, 6.45) is 4.09. The Hall–Kier alpha value is -2.25. The minimum Gasteiger partial charge on any atom is -0.459 e. The van der Waals surface area contributed by atoms with Crippen LogP contribution in [0, 0.1) is 11.8 Å². The van der Waals surface area contributed by atoms with E-state index < -0.39 is 6.10 Å². The Labute approximate surface area is 168 Å². The van der Waals surface area contributed by atoms with Gasteiger partial charge in [0.25, 0.3) is 11.8 Å². The summed E-state index contributed by atoms with van der Waals surface area (Å²) in [7, 11) is 0. The molecule has 2 aliphatic rings. The summed E-state index contributed by atoms with van der Waals surface area (Å²) < 4.78 is 5.12. The maximum Gasteiger partial charge on any atom is 0.287 e. The number of furan rings is 1.